The van der Waals surface area contributed by atoms with Gasteiger partial charge in [-0.3, -0.25) is 14.4 Å². The SMILES string of the molecule is C[C@@H](CC(=O)C(C)(C)n1cnnn1)[C@H]1C(=O)N2C(C(=O)O)=C(S[C@@H]3CN[C@H](C(=O)N(C)C)C3)[C@H](C)[C@H]12. The van der Waals surface area contributed by atoms with E-state index < -0.39 is 17.4 Å². The van der Waals surface area contributed by atoms with E-state index in [1.807, 2.05) is 13.8 Å². The highest BCUT2D eigenvalue weighted by Gasteiger charge is 2.60. The summed E-state index contributed by atoms with van der Waals surface area (Å²) in [6.45, 7) is 7.85. The lowest BCUT2D eigenvalue weighted by Gasteiger charge is -2.48. The molecule has 4 rings (SSSR count). The normalized spacial score (nSPS) is 28.7. The second kappa shape index (κ2) is 9.58. The van der Waals surface area contributed by atoms with Crippen molar-refractivity contribution in [2.75, 3.05) is 20.6 Å². The smallest absolute Gasteiger partial charge is 0.353 e. The zero-order chi connectivity index (χ0) is 26.5. The van der Waals surface area contributed by atoms with Crippen LogP contribution in [0, 0.1) is 17.8 Å². The number of amides is 2. The first-order valence-electron chi connectivity index (χ1n) is 12.0. The molecule has 0 unspecified atom stereocenters. The molecule has 2 N–H and O–H groups in total. The van der Waals surface area contributed by atoms with Gasteiger partial charge in [-0.1, -0.05) is 13.8 Å². The number of Topliss-reactive ketones (excluding diaryl/α,β-unsaturated/α-hetero) is 1. The molecule has 0 radical (unpaired) electrons. The van der Waals surface area contributed by atoms with Gasteiger partial charge in [0.05, 0.1) is 18.0 Å². The zero-order valence-electron chi connectivity index (χ0n) is 21.3. The number of likely N-dealkylation sites (N-methyl/N-ethyl adjacent to an activating group) is 1. The van der Waals surface area contributed by atoms with E-state index in [9.17, 15) is 24.3 Å². The van der Waals surface area contributed by atoms with Gasteiger partial charge in [-0.05, 0) is 36.6 Å². The molecule has 3 aliphatic rings. The van der Waals surface area contributed by atoms with Crippen molar-refractivity contribution in [1.82, 2.24) is 35.3 Å². The summed E-state index contributed by atoms with van der Waals surface area (Å²) in [5.74, 6) is -2.41. The van der Waals surface area contributed by atoms with Crippen molar-refractivity contribution >= 4 is 35.3 Å². The number of ketones is 1. The van der Waals surface area contributed by atoms with Gasteiger partial charge in [-0.2, -0.15) is 0 Å². The Labute approximate surface area is 213 Å². The molecule has 0 aromatic carbocycles. The molecule has 196 valence electrons. The van der Waals surface area contributed by atoms with Gasteiger partial charge in [0.25, 0.3) is 0 Å². The summed E-state index contributed by atoms with van der Waals surface area (Å²) in [7, 11) is 3.42. The number of β-lactam (4-membered cyclic amide) rings is 1. The van der Waals surface area contributed by atoms with E-state index in [1.165, 1.54) is 27.7 Å². The molecular weight excluding hydrogens is 486 g/mol. The van der Waals surface area contributed by atoms with Crippen molar-refractivity contribution in [3.63, 3.8) is 0 Å². The number of nitrogens with zero attached hydrogens (tertiary/aromatic N) is 6. The second-order valence-electron chi connectivity index (χ2n) is 10.6. The number of aromatic nitrogens is 4. The summed E-state index contributed by atoms with van der Waals surface area (Å²) in [5.41, 5.74) is -0.929. The maximum Gasteiger partial charge on any atom is 0.353 e. The number of carbonyl (C=O) groups excluding carboxylic acids is 3. The minimum Gasteiger partial charge on any atom is -0.477 e. The van der Waals surface area contributed by atoms with Gasteiger partial charge in [0.2, 0.25) is 11.8 Å². The van der Waals surface area contributed by atoms with Crippen molar-refractivity contribution in [3.05, 3.63) is 16.9 Å². The van der Waals surface area contributed by atoms with Gasteiger partial charge in [0.15, 0.2) is 5.78 Å². The van der Waals surface area contributed by atoms with Gasteiger partial charge in [0, 0.05) is 43.1 Å². The molecule has 0 bridgehead atoms. The number of thioether (sulfide) groups is 1. The fourth-order valence-corrected chi connectivity index (χ4v) is 6.93. The third-order valence-electron chi connectivity index (χ3n) is 7.64. The Morgan fingerprint density at radius 1 is 1.33 bits per heavy atom. The molecular formula is C23H33N7O5S. The van der Waals surface area contributed by atoms with E-state index in [2.05, 4.69) is 20.8 Å². The molecule has 0 spiro atoms. The fourth-order valence-electron chi connectivity index (χ4n) is 5.45. The molecule has 1 aromatic rings. The van der Waals surface area contributed by atoms with Crippen LogP contribution in [0.15, 0.2) is 16.9 Å². The number of carbonyl (C=O) groups is 4. The number of nitrogens with one attached hydrogen (secondary N) is 1. The Balaban J connectivity index is 1.47. The molecule has 3 aliphatic heterocycles. The van der Waals surface area contributed by atoms with Crippen molar-refractivity contribution in [1.29, 1.82) is 0 Å². The summed E-state index contributed by atoms with van der Waals surface area (Å²) in [6.07, 6.45) is 2.12. The maximum absolute atomic E-state index is 13.2. The highest BCUT2D eigenvalue weighted by atomic mass is 32.2. The first-order chi connectivity index (χ1) is 16.9. The number of carboxylic acids is 1. The number of hydrogen-bond donors (Lipinski definition) is 2. The first kappa shape index (κ1) is 26.3. The highest BCUT2D eigenvalue weighted by molar-refractivity contribution is 8.03. The van der Waals surface area contributed by atoms with Crippen LogP contribution in [0.3, 0.4) is 0 Å². The predicted molar refractivity (Wildman–Crippen MR) is 130 cm³/mol. The Hall–Kier alpha value is -2.80. The minimum atomic E-state index is -1.13. The zero-order valence-corrected chi connectivity index (χ0v) is 22.2. The van der Waals surface area contributed by atoms with Crippen LogP contribution in [0.4, 0.5) is 0 Å². The molecule has 2 saturated heterocycles. The van der Waals surface area contributed by atoms with Gasteiger partial charge >= 0.3 is 5.97 Å². The quantitative estimate of drug-likeness (QED) is 0.437. The molecule has 1 aromatic heterocycles. The Bertz CT molecular complexity index is 1100. The van der Waals surface area contributed by atoms with Crippen molar-refractivity contribution < 1.29 is 24.3 Å². The lowest BCUT2D eigenvalue weighted by Crippen LogP contribution is -2.62. The summed E-state index contributed by atoms with van der Waals surface area (Å²) < 4.78 is 1.40. The van der Waals surface area contributed by atoms with Crippen LogP contribution < -0.4 is 5.32 Å². The second-order valence-corrected chi connectivity index (χ2v) is 12.0. The van der Waals surface area contributed by atoms with E-state index >= 15 is 0 Å². The summed E-state index contributed by atoms with van der Waals surface area (Å²) in [5, 5.41) is 24.3. The monoisotopic (exact) mass is 519 g/mol. The third-order valence-corrected chi connectivity index (χ3v) is 9.15. The molecule has 12 nitrogen and oxygen atoms in total. The van der Waals surface area contributed by atoms with E-state index in [0.717, 1.165) is 0 Å². The van der Waals surface area contributed by atoms with Crippen LogP contribution >= 0.6 is 11.8 Å². The van der Waals surface area contributed by atoms with Gasteiger partial charge in [-0.25, -0.2) is 9.48 Å². The predicted octanol–water partition coefficient (Wildman–Crippen LogP) is 0.328. The molecule has 36 heavy (non-hydrogen) atoms. The van der Waals surface area contributed by atoms with Crippen LogP contribution in [0.1, 0.15) is 40.5 Å². The standard InChI is InChI=1S/C23H33N7O5S/c1-11(7-15(31)23(3,4)29-10-25-26-27-29)16-17-12(2)19(18(22(34)35)30(17)21(16)33)36-13-8-14(24-9-13)20(32)28(5)6/h10-14,16-17,24H,7-9H2,1-6H3,(H,34,35)/t11-,12+,13-,14-,16+,17+/m0/s1. The molecule has 6 atom stereocenters. The van der Waals surface area contributed by atoms with Crippen LogP contribution in [0.25, 0.3) is 0 Å². The largest absolute Gasteiger partial charge is 0.477 e. The Kier molecular flexibility index (Phi) is 6.99. The van der Waals surface area contributed by atoms with E-state index in [0.29, 0.717) is 17.9 Å². The number of rotatable bonds is 9. The van der Waals surface area contributed by atoms with E-state index in [4.69, 9.17) is 0 Å². The summed E-state index contributed by atoms with van der Waals surface area (Å²) in [4.78, 5) is 54.5. The number of fused-ring (bicyclic) bond motifs is 1. The van der Waals surface area contributed by atoms with E-state index in [1.54, 1.807) is 32.8 Å². The van der Waals surface area contributed by atoms with Gasteiger partial charge < -0.3 is 20.2 Å². The lowest BCUT2D eigenvalue weighted by atomic mass is 9.72. The van der Waals surface area contributed by atoms with Gasteiger partial charge in [-0.15, -0.1) is 16.9 Å². The third kappa shape index (κ3) is 4.32. The number of carboxylic acid groups (broad SMARTS) is 1. The van der Waals surface area contributed by atoms with Gasteiger partial charge in [0.1, 0.15) is 17.6 Å². The van der Waals surface area contributed by atoms with Crippen LogP contribution in [0.2, 0.25) is 0 Å². The number of aliphatic carboxylic acids is 1. The average molecular weight is 520 g/mol. The minimum absolute atomic E-state index is 0.00726. The van der Waals surface area contributed by atoms with E-state index in [-0.39, 0.29) is 58.9 Å². The Morgan fingerprint density at radius 2 is 2.03 bits per heavy atom. The fraction of sp³-hybridized carbons (Fsp3) is 0.696. The molecule has 2 amide bonds. The highest BCUT2D eigenvalue weighted by Crippen LogP contribution is 2.53. The lowest BCUT2D eigenvalue weighted by molar-refractivity contribution is -0.160. The molecule has 0 saturated carbocycles. The van der Waals surface area contributed by atoms with Crippen LogP contribution in [0.5, 0.6) is 0 Å². The number of tetrazole rings is 1. The van der Waals surface area contributed by atoms with Crippen molar-refractivity contribution in [3.8, 4) is 0 Å². The molecule has 0 aliphatic carbocycles. The maximum atomic E-state index is 13.2. The average Bonchev–Trinajstić information content (AvgIpc) is 3.54. The molecule has 4 heterocycles. The van der Waals surface area contributed by atoms with Crippen molar-refractivity contribution in [2.45, 2.75) is 63.4 Å². The Morgan fingerprint density at radius 3 is 2.61 bits per heavy atom. The van der Waals surface area contributed by atoms with Crippen LogP contribution in [-0.2, 0) is 24.7 Å². The molecule has 13 heteroatoms. The topological polar surface area (TPSA) is 151 Å². The summed E-state index contributed by atoms with van der Waals surface area (Å²) in [6, 6.07) is -0.609. The number of hydrogen-bond acceptors (Lipinski definition) is 9. The van der Waals surface area contributed by atoms with Crippen molar-refractivity contribution in [2.24, 2.45) is 17.8 Å². The van der Waals surface area contributed by atoms with Crippen LogP contribution in [-0.4, -0.2) is 96.7 Å². The molecule has 2 fully saturated rings. The summed E-state index contributed by atoms with van der Waals surface area (Å²) >= 11 is 1.45. The first-order valence-corrected chi connectivity index (χ1v) is 12.9.